The van der Waals surface area contributed by atoms with Crippen LogP contribution in [0.3, 0.4) is 0 Å². The molecular weight excluding hydrogens is 294 g/mol. The zero-order chi connectivity index (χ0) is 14.5. The van der Waals surface area contributed by atoms with Crippen molar-refractivity contribution in [2.75, 3.05) is 27.3 Å². The second-order valence-corrected chi connectivity index (χ2v) is 5.81. The first-order valence-electron chi connectivity index (χ1n) is 6.30. The van der Waals surface area contributed by atoms with Crippen LogP contribution >= 0.6 is 22.9 Å². The molecule has 1 heterocycles. The van der Waals surface area contributed by atoms with Crippen LogP contribution in [0.2, 0.25) is 5.02 Å². The number of rotatable bonds is 6. The predicted molar refractivity (Wildman–Crippen MR) is 82.7 cm³/mol. The molecule has 0 radical (unpaired) electrons. The van der Waals surface area contributed by atoms with Crippen molar-refractivity contribution < 1.29 is 4.74 Å². The molecule has 0 aliphatic rings. The predicted octanol–water partition coefficient (Wildman–Crippen LogP) is 2.75. The number of ether oxygens (including phenoxy) is 1. The Balaban J connectivity index is 2.29. The summed E-state index contributed by atoms with van der Waals surface area (Å²) in [6.07, 6.45) is 0. The number of methoxy groups -OCH3 is 1. The monoisotopic (exact) mass is 311 g/mol. The SMILES string of the molecule is COCCN(C)Cc1csc(=N)n1-c1ccccc1Cl. The van der Waals surface area contributed by atoms with E-state index in [1.54, 1.807) is 7.11 Å². The maximum absolute atomic E-state index is 8.09. The number of likely N-dealkylation sites (N-methyl/N-ethyl adjacent to an activating group) is 1. The Bertz CT molecular complexity index is 623. The number of hydrogen-bond acceptors (Lipinski definition) is 4. The van der Waals surface area contributed by atoms with E-state index in [-0.39, 0.29) is 0 Å². The fourth-order valence-electron chi connectivity index (χ4n) is 1.97. The van der Waals surface area contributed by atoms with Crippen LogP contribution in [-0.4, -0.2) is 36.8 Å². The number of thiazole rings is 1. The largest absolute Gasteiger partial charge is 0.383 e. The first kappa shape index (κ1) is 15.3. The Morgan fingerprint density at radius 1 is 1.40 bits per heavy atom. The van der Waals surface area contributed by atoms with E-state index in [2.05, 4.69) is 4.90 Å². The Kier molecular flexibility index (Phi) is 5.37. The summed E-state index contributed by atoms with van der Waals surface area (Å²) >= 11 is 7.66. The zero-order valence-electron chi connectivity index (χ0n) is 11.6. The molecule has 0 fully saturated rings. The van der Waals surface area contributed by atoms with Gasteiger partial charge in [-0.3, -0.25) is 14.9 Å². The summed E-state index contributed by atoms with van der Waals surface area (Å²) in [6, 6.07) is 7.61. The average Bonchev–Trinajstić information content (AvgIpc) is 2.78. The molecule has 0 amide bonds. The molecule has 0 saturated heterocycles. The maximum Gasteiger partial charge on any atom is 0.186 e. The molecule has 0 aliphatic carbocycles. The molecule has 1 aromatic heterocycles. The zero-order valence-corrected chi connectivity index (χ0v) is 13.2. The third kappa shape index (κ3) is 3.49. The molecule has 0 bridgehead atoms. The Hall–Kier alpha value is -1.14. The van der Waals surface area contributed by atoms with E-state index in [0.717, 1.165) is 24.5 Å². The maximum atomic E-state index is 8.09. The van der Waals surface area contributed by atoms with Gasteiger partial charge in [0.15, 0.2) is 4.80 Å². The normalized spacial score (nSPS) is 11.2. The fourth-order valence-corrected chi connectivity index (χ4v) is 2.94. The van der Waals surface area contributed by atoms with Crippen molar-refractivity contribution in [3.63, 3.8) is 0 Å². The van der Waals surface area contributed by atoms with Crippen molar-refractivity contribution >= 4 is 22.9 Å². The third-order valence-electron chi connectivity index (χ3n) is 3.00. The lowest BCUT2D eigenvalue weighted by Gasteiger charge is -2.17. The van der Waals surface area contributed by atoms with E-state index >= 15 is 0 Å². The summed E-state index contributed by atoms with van der Waals surface area (Å²) in [7, 11) is 3.74. The molecule has 0 atom stereocenters. The van der Waals surface area contributed by atoms with Crippen molar-refractivity contribution in [2.24, 2.45) is 0 Å². The van der Waals surface area contributed by atoms with Gasteiger partial charge in [0.25, 0.3) is 0 Å². The highest BCUT2D eigenvalue weighted by atomic mass is 35.5. The number of nitrogens with zero attached hydrogens (tertiary/aromatic N) is 2. The van der Waals surface area contributed by atoms with Crippen LogP contribution in [0.1, 0.15) is 5.69 Å². The minimum absolute atomic E-state index is 0.480. The minimum atomic E-state index is 0.480. The van der Waals surface area contributed by atoms with Crippen LogP contribution in [0.25, 0.3) is 5.69 Å². The van der Waals surface area contributed by atoms with Crippen LogP contribution in [-0.2, 0) is 11.3 Å². The van der Waals surface area contributed by atoms with Crippen LogP contribution < -0.4 is 4.80 Å². The number of nitrogens with one attached hydrogen (secondary N) is 1. The van der Waals surface area contributed by atoms with Gasteiger partial charge < -0.3 is 4.74 Å². The smallest absolute Gasteiger partial charge is 0.186 e. The molecule has 0 saturated carbocycles. The van der Waals surface area contributed by atoms with Gasteiger partial charge in [0.2, 0.25) is 0 Å². The standard InChI is InChI=1S/C14H18ClN3OS/c1-17(7-8-19-2)9-11-10-20-14(16)18(11)13-6-4-3-5-12(13)15/h3-6,10,16H,7-9H2,1-2H3. The lowest BCUT2D eigenvalue weighted by molar-refractivity contribution is 0.158. The van der Waals surface area contributed by atoms with Gasteiger partial charge in [-0.1, -0.05) is 23.7 Å². The summed E-state index contributed by atoms with van der Waals surface area (Å²) in [4.78, 5) is 2.64. The lowest BCUT2D eigenvalue weighted by Crippen LogP contribution is -2.25. The van der Waals surface area contributed by atoms with Crippen molar-refractivity contribution in [3.05, 3.63) is 45.2 Å². The van der Waals surface area contributed by atoms with Crippen molar-refractivity contribution in [1.29, 1.82) is 5.41 Å². The van der Waals surface area contributed by atoms with Gasteiger partial charge in [-0.2, -0.15) is 0 Å². The highest BCUT2D eigenvalue weighted by molar-refractivity contribution is 7.07. The molecule has 2 rings (SSSR count). The molecule has 4 nitrogen and oxygen atoms in total. The van der Waals surface area contributed by atoms with Gasteiger partial charge >= 0.3 is 0 Å². The van der Waals surface area contributed by atoms with Gasteiger partial charge in [0, 0.05) is 31.3 Å². The molecule has 0 spiro atoms. The summed E-state index contributed by atoms with van der Waals surface area (Å²) in [5.74, 6) is 0. The molecule has 20 heavy (non-hydrogen) atoms. The Morgan fingerprint density at radius 2 is 2.15 bits per heavy atom. The Labute approximate surface area is 127 Å². The minimum Gasteiger partial charge on any atom is -0.383 e. The topological polar surface area (TPSA) is 41.2 Å². The van der Waals surface area contributed by atoms with E-state index in [4.69, 9.17) is 21.7 Å². The summed E-state index contributed by atoms with van der Waals surface area (Å²) in [5.41, 5.74) is 1.92. The second kappa shape index (κ2) is 7.04. The number of aromatic nitrogens is 1. The van der Waals surface area contributed by atoms with Gasteiger partial charge in [0.1, 0.15) is 0 Å². The van der Waals surface area contributed by atoms with E-state index in [0.29, 0.717) is 16.4 Å². The quantitative estimate of drug-likeness (QED) is 0.891. The molecule has 0 unspecified atom stereocenters. The van der Waals surface area contributed by atoms with Crippen molar-refractivity contribution in [2.45, 2.75) is 6.54 Å². The molecule has 108 valence electrons. The second-order valence-electron chi connectivity index (χ2n) is 4.55. The molecule has 1 N–H and O–H groups in total. The van der Waals surface area contributed by atoms with E-state index in [1.165, 1.54) is 11.3 Å². The van der Waals surface area contributed by atoms with Crippen molar-refractivity contribution in [3.8, 4) is 5.69 Å². The third-order valence-corrected chi connectivity index (χ3v) is 4.11. The number of para-hydroxylation sites is 1. The number of hydrogen-bond donors (Lipinski definition) is 1. The number of benzene rings is 1. The van der Waals surface area contributed by atoms with Crippen LogP contribution in [0.15, 0.2) is 29.6 Å². The average molecular weight is 312 g/mol. The molecule has 1 aromatic carbocycles. The van der Waals surface area contributed by atoms with Gasteiger partial charge in [-0.25, -0.2) is 0 Å². The van der Waals surface area contributed by atoms with Crippen LogP contribution in [0.4, 0.5) is 0 Å². The molecular formula is C14H18ClN3OS. The van der Waals surface area contributed by atoms with Crippen LogP contribution in [0, 0.1) is 5.41 Å². The van der Waals surface area contributed by atoms with Gasteiger partial charge in [-0.05, 0) is 19.2 Å². The highest BCUT2D eigenvalue weighted by Crippen LogP contribution is 2.21. The Morgan fingerprint density at radius 3 is 2.85 bits per heavy atom. The lowest BCUT2D eigenvalue weighted by atomic mass is 10.3. The van der Waals surface area contributed by atoms with E-state index in [1.807, 2.05) is 41.3 Å². The molecule has 2 aromatic rings. The first-order valence-corrected chi connectivity index (χ1v) is 7.55. The fraction of sp³-hybridized carbons (Fsp3) is 0.357. The molecule has 6 heteroatoms. The summed E-state index contributed by atoms with van der Waals surface area (Å²) < 4.78 is 6.98. The van der Waals surface area contributed by atoms with Crippen LogP contribution in [0.5, 0.6) is 0 Å². The summed E-state index contributed by atoms with van der Waals surface area (Å²) in [5, 5.41) is 10.8. The van der Waals surface area contributed by atoms with E-state index < -0.39 is 0 Å². The van der Waals surface area contributed by atoms with Gasteiger partial charge in [-0.15, -0.1) is 11.3 Å². The van der Waals surface area contributed by atoms with Crippen molar-refractivity contribution in [1.82, 2.24) is 9.47 Å². The summed E-state index contributed by atoms with van der Waals surface area (Å²) in [6.45, 7) is 2.30. The highest BCUT2D eigenvalue weighted by Gasteiger charge is 2.11. The first-order chi connectivity index (χ1) is 9.63. The number of halogens is 1. The van der Waals surface area contributed by atoms with Gasteiger partial charge in [0.05, 0.1) is 17.3 Å². The molecule has 0 aliphatic heterocycles. The van der Waals surface area contributed by atoms with E-state index in [9.17, 15) is 0 Å².